The maximum absolute atomic E-state index is 5.84. The average molecular weight is 410 g/mol. The van der Waals surface area contributed by atoms with Crippen LogP contribution in [0.15, 0.2) is 47.8 Å². The Balaban J connectivity index is 1.85. The molecule has 3 rings (SSSR count). The van der Waals surface area contributed by atoms with Crippen molar-refractivity contribution in [2.45, 2.75) is 6.92 Å². The van der Waals surface area contributed by atoms with Crippen LogP contribution in [0.4, 0.5) is 5.82 Å². The standard InChI is InChI=1S/C22H26N4O4/c1-16-4-6-17(7-5-16)14-25-26-22-18-12-20(29-10-8-27-2)21(30-11-9-28-3)13-19(18)23-15-24-22/h4-7,12-15H,8-11H2,1-3H3,(H,23,24,26)/b25-14+. The summed E-state index contributed by atoms with van der Waals surface area (Å²) in [4.78, 5) is 8.67. The minimum atomic E-state index is 0.394. The Bertz CT molecular complexity index is 977. The van der Waals surface area contributed by atoms with Gasteiger partial charge in [-0.1, -0.05) is 29.8 Å². The molecule has 0 aliphatic carbocycles. The van der Waals surface area contributed by atoms with Crippen molar-refractivity contribution in [3.05, 3.63) is 53.9 Å². The van der Waals surface area contributed by atoms with Crippen molar-refractivity contribution >= 4 is 22.9 Å². The van der Waals surface area contributed by atoms with E-state index in [1.165, 1.54) is 11.9 Å². The van der Waals surface area contributed by atoms with Crippen molar-refractivity contribution in [1.29, 1.82) is 0 Å². The molecule has 1 aromatic heterocycles. The molecule has 0 fully saturated rings. The van der Waals surface area contributed by atoms with Crippen LogP contribution in [0.3, 0.4) is 0 Å². The summed E-state index contributed by atoms with van der Waals surface area (Å²) in [5.41, 5.74) is 5.90. The predicted molar refractivity (Wildman–Crippen MR) is 117 cm³/mol. The summed E-state index contributed by atoms with van der Waals surface area (Å²) in [6.07, 6.45) is 3.22. The Kier molecular flexibility index (Phi) is 7.94. The molecule has 0 spiro atoms. The first-order chi connectivity index (χ1) is 14.7. The van der Waals surface area contributed by atoms with Gasteiger partial charge >= 0.3 is 0 Å². The highest BCUT2D eigenvalue weighted by Gasteiger charge is 2.12. The first-order valence-electron chi connectivity index (χ1n) is 9.59. The van der Waals surface area contributed by atoms with Gasteiger partial charge in [-0.3, -0.25) is 5.43 Å². The second-order valence-electron chi connectivity index (χ2n) is 6.50. The molecule has 8 heteroatoms. The topological polar surface area (TPSA) is 87.1 Å². The number of rotatable bonds is 11. The van der Waals surface area contributed by atoms with Crippen LogP contribution in [-0.4, -0.2) is 56.8 Å². The van der Waals surface area contributed by atoms with E-state index < -0.39 is 0 Å². The Morgan fingerprint density at radius 3 is 2.23 bits per heavy atom. The van der Waals surface area contributed by atoms with Crippen LogP contribution in [-0.2, 0) is 9.47 Å². The molecule has 8 nitrogen and oxygen atoms in total. The van der Waals surface area contributed by atoms with Gasteiger partial charge in [0.25, 0.3) is 0 Å². The lowest BCUT2D eigenvalue weighted by molar-refractivity contribution is 0.132. The summed E-state index contributed by atoms with van der Waals surface area (Å²) < 4.78 is 21.8. The lowest BCUT2D eigenvalue weighted by Crippen LogP contribution is -2.09. The number of methoxy groups -OCH3 is 2. The Labute approximate surface area is 175 Å². The molecule has 0 saturated heterocycles. The van der Waals surface area contributed by atoms with Gasteiger partial charge in [0.2, 0.25) is 0 Å². The third-order valence-electron chi connectivity index (χ3n) is 4.25. The number of nitrogens with zero attached hydrogens (tertiary/aromatic N) is 3. The molecule has 158 valence electrons. The van der Waals surface area contributed by atoms with E-state index in [0.717, 1.165) is 10.9 Å². The van der Waals surface area contributed by atoms with Gasteiger partial charge in [-0.15, -0.1) is 0 Å². The van der Waals surface area contributed by atoms with Gasteiger partial charge in [0.15, 0.2) is 17.3 Å². The quantitative estimate of drug-likeness (QED) is 0.294. The van der Waals surface area contributed by atoms with Crippen LogP contribution in [0, 0.1) is 6.92 Å². The number of aryl methyl sites for hydroxylation is 1. The van der Waals surface area contributed by atoms with Crippen molar-refractivity contribution in [3.63, 3.8) is 0 Å². The van der Waals surface area contributed by atoms with Crippen molar-refractivity contribution in [1.82, 2.24) is 9.97 Å². The number of hydrazone groups is 1. The van der Waals surface area contributed by atoms with E-state index in [9.17, 15) is 0 Å². The molecule has 3 aromatic rings. The number of hydrogen-bond acceptors (Lipinski definition) is 8. The number of fused-ring (bicyclic) bond motifs is 1. The van der Waals surface area contributed by atoms with Crippen LogP contribution >= 0.6 is 0 Å². The van der Waals surface area contributed by atoms with Gasteiger partial charge in [0.1, 0.15) is 19.5 Å². The molecular formula is C22H26N4O4. The highest BCUT2D eigenvalue weighted by Crippen LogP contribution is 2.34. The van der Waals surface area contributed by atoms with Crippen molar-refractivity contribution in [2.75, 3.05) is 46.1 Å². The lowest BCUT2D eigenvalue weighted by Gasteiger charge is -2.14. The second-order valence-corrected chi connectivity index (χ2v) is 6.50. The first kappa shape index (κ1) is 21.5. The van der Waals surface area contributed by atoms with E-state index >= 15 is 0 Å². The Morgan fingerprint density at radius 1 is 0.900 bits per heavy atom. The minimum Gasteiger partial charge on any atom is -0.487 e. The molecule has 0 amide bonds. The number of anilines is 1. The molecule has 1 N–H and O–H groups in total. The van der Waals surface area contributed by atoms with Gasteiger partial charge in [-0.05, 0) is 18.6 Å². The van der Waals surface area contributed by atoms with Gasteiger partial charge in [0, 0.05) is 25.7 Å². The van der Waals surface area contributed by atoms with Crippen LogP contribution in [0.1, 0.15) is 11.1 Å². The van der Waals surface area contributed by atoms with E-state index in [1.54, 1.807) is 20.4 Å². The largest absolute Gasteiger partial charge is 0.487 e. The molecule has 0 aliphatic heterocycles. The minimum absolute atomic E-state index is 0.394. The Morgan fingerprint density at radius 2 is 1.57 bits per heavy atom. The monoisotopic (exact) mass is 410 g/mol. The zero-order chi connectivity index (χ0) is 21.2. The number of benzene rings is 2. The summed E-state index contributed by atoms with van der Waals surface area (Å²) in [7, 11) is 3.25. The first-order valence-corrected chi connectivity index (χ1v) is 9.59. The summed E-state index contributed by atoms with van der Waals surface area (Å²) in [6.45, 7) is 3.78. The molecule has 0 aliphatic rings. The van der Waals surface area contributed by atoms with E-state index in [2.05, 4.69) is 20.5 Å². The van der Waals surface area contributed by atoms with Gasteiger partial charge in [0.05, 0.1) is 24.9 Å². The molecule has 2 aromatic carbocycles. The average Bonchev–Trinajstić information content (AvgIpc) is 2.76. The van der Waals surface area contributed by atoms with Crippen molar-refractivity contribution < 1.29 is 18.9 Å². The molecule has 30 heavy (non-hydrogen) atoms. The maximum Gasteiger partial charge on any atom is 0.163 e. The van der Waals surface area contributed by atoms with Crippen LogP contribution < -0.4 is 14.9 Å². The van der Waals surface area contributed by atoms with Crippen LogP contribution in [0.5, 0.6) is 11.5 Å². The predicted octanol–water partition coefficient (Wildman–Crippen LogP) is 3.43. The van der Waals surface area contributed by atoms with E-state index in [4.69, 9.17) is 18.9 Å². The van der Waals surface area contributed by atoms with E-state index in [1.807, 2.05) is 43.3 Å². The maximum atomic E-state index is 5.84. The highest BCUT2D eigenvalue weighted by atomic mass is 16.5. The third kappa shape index (κ3) is 5.88. The summed E-state index contributed by atoms with van der Waals surface area (Å²) >= 11 is 0. The molecular weight excluding hydrogens is 384 g/mol. The van der Waals surface area contributed by atoms with Gasteiger partial charge in [-0.25, -0.2) is 9.97 Å². The second kappa shape index (κ2) is 11.1. The third-order valence-corrected chi connectivity index (χ3v) is 4.25. The van der Waals surface area contributed by atoms with Crippen LogP contribution in [0.25, 0.3) is 10.9 Å². The van der Waals surface area contributed by atoms with E-state index in [0.29, 0.717) is 49.3 Å². The fourth-order valence-electron chi connectivity index (χ4n) is 2.67. The van der Waals surface area contributed by atoms with E-state index in [-0.39, 0.29) is 0 Å². The molecule has 0 unspecified atom stereocenters. The van der Waals surface area contributed by atoms with Crippen molar-refractivity contribution in [3.8, 4) is 11.5 Å². The number of nitrogens with one attached hydrogen (secondary N) is 1. The number of ether oxygens (including phenoxy) is 4. The molecule has 0 atom stereocenters. The number of hydrogen-bond donors (Lipinski definition) is 1. The van der Waals surface area contributed by atoms with Gasteiger partial charge < -0.3 is 18.9 Å². The van der Waals surface area contributed by atoms with Gasteiger partial charge in [-0.2, -0.15) is 5.10 Å². The fraction of sp³-hybridized carbons (Fsp3) is 0.318. The van der Waals surface area contributed by atoms with Crippen molar-refractivity contribution in [2.24, 2.45) is 5.10 Å². The normalized spacial score (nSPS) is 11.2. The highest BCUT2D eigenvalue weighted by molar-refractivity contribution is 5.92. The summed E-state index contributed by atoms with van der Waals surface area (Å²) in [5.74, 6) is 1.74. The van der Waals surface area contributed by atoms with Crippen LogP contribution in [0.2, 0.25) is 0 Å². The lowest BCUT2D eigenvalue weighted by atomic mass is 10.2. The SMILES string of the molecule is COCCOc1cc2ncnc(N/N=C/c3ccc(C)cc3)c2cc1OCCOC. The molecule has 0 bridgehead atoms. The zero-order valence-corrected chi connectivity index (χ0v) is 17.4. The smallest absolute Gasteiger partial charge is 0.163 e. The fourth-order valence-corrected chi connectivity index (χ4v) is 2.67. The summed E-state index contributed by atoms with van der Waals surface area (Å²) in [6, 6.07) is 11.8. The Hall–Kier alpha value is -3.23. The molecule has 1 heterocycles. The summed E-state index contributed by atoms with van der Waals surface area (Å²) in [5, 5.41) is 5.07. The zero-order valence-electron chi connectivity index (χ0n) is 17.4. The number of aromatic nitrogens is 2. The molecule has 0 radical (unpaired) electrons. The molecule has 0 saturated carbocycles.